The molecule has 0 fully saturated rings. The monoisotopic (exact) mass is 1600 g/mol. The van der Waals surface area contributed by atoms with Gasteiger partial charge in [0.1, 0.15) is 5.82 Å². The summed E-state index contributed by atoms with van der Waals surface area (Å²) in [5.41, 5.74) is 24.9. The highest BCUT2D eigenvalue weighted by Crippen LogP contribution is 2.47. The van der Waals surface area contributed by atoms with Gasteiger partial charge in [0.05, 0.1) is 58.7 Å². The van der Waals surface area contributed by atoms with E-state index in [2.05, 4.69) is 298 Å². The molecule has 0 aliphatic carbocycles. The lowest BCUT2D eigenvalue weighted by atomic mass is 9.74. The number of para-hydroxylation sites is 8. The summed E-state index contributed by atoms with van der Waals surface area (Å²) >= 11 is 6.61. The fraction of sp³-hybridized carbons (Fsp3) is 0.0833. The standard InChI is InChI=1S/C23H22N2O.C23H20N2.C22H18N2O2.C14H10BrN.C8H9NO2.C6H4BrF/c1-23(2,26)20-10-6-7-11-21(20)24-18-12-13-22-17(16-18)14-15-25(22)19-8-4-3-5-9-19;1-23(2)18-10-6-7-11-20(18)24-21-14-16-12-13-25(22(16)15-19(21)23)17-8-4-3-5-9-17;1-26-22(25)19-9-5-6-10-20(19)23-17-11-12-21-16(15-17)13-14-24(21)18-7-3-2-4-8-18;15-12-6-7-14-11(10-12)8-9-16(14)13-4-2-1-3-5-13;1-11-8(10)6-4-2-3-5-7(6)9;7-5-2-1-3-6(8)4-5/h3-16,24,26H,1-2H3;3-15,24H,1-2H3;2-15,23H,1H3;1-10H;2-5H,9H2,1H3;1-4H. The number of hydrogen-bond acceptors (Lipinski definition) is 9. The number of nitrogens with two attached hydrogens (primary N) is 1. The predicted molar refractivity (Wildman–Crippen MR) is 465 cm³/mol. The molecule has 5 heterocycles. The summed E-state index contributed by atoms with van der Waals surface area (Å²) in [5, 5.41) is 25.6. The number of methoxy groups -OCH3 is 2. The third-order valence-corrected chi connectivity index (χ3v) is 20.2. The summed E-state index contributed by atoms with van der Waals surface area (Å²) in [7, 11) is 2.71. The Balaban J connectivity index is 0.000000122. The van der Waals surface area contributed by atoms with Crippen molar-refractivity contribution >= 4 is 127 Å². The Hall–Kier alpha value is -13.0. The molecule has 0 saturated heterocycles. The topological polar surface area (TPSA) is 155 Å². The van der Waals surface area contributed by atoms with E-state index in [0.717, 1.165) is 65.1 Å². The van der Waals surface area contributed by atoms with Crippen molar-refractivity contribution in [2.75, 3.05) is 35.9 Å². The SMILES string of the molecule is Brc1ccc2c(ccn2-c2ccccc2)c1.CC(C)(O)c1ccccc1Nc1ccc2c(ccn2-c2ccccc2)c1.CC1(C)c2ccccc2Nc2cc3ccn(-c4ccccc4)c3cc21.COC(=O)c1ccccc1N.COC(=O)c1ccccc1Nc1ccc2c(ccn2-c2ccccc2)c1.Fc1cccc(Br)c1. The molecule has 0 radical (unpaired) electrons. The van der Waals surface area contributed by atoms with E-state index < -0.39 is 11.6 Å². The maximum absolute atomic E-state index is 12.1. The summed E-state index contributed by atoms with van der Waals surface area (Å²) in [4.78, 5) is 22.9. The molecule has 13 aromatic carbocycles. The van der Waals surface area contributed by atoms with Crippen molar-refractivity contribution in [1.82, 2.24) is 18.3 Å². The minimum Gasteiger partial charge on any atom is -0.465 e. The number of nitrogen functional groups attached to an aromatic ring is 1. The van der Waals surface area contributed by atoms with Crippen LogP contribution in [0.1, 0.15) is 65.1 Å². The maximum atomic E-state index is 12.1. The zero-order valence-electron chi connectivity index (χ0n) is 62.6. The van der Waals surface area contributed by atoms with Crippen LogP contribution in [-0.2, 0) is 20.5 Å². The van der Waals surface area contributed by atoms with Gasteiger partial charge in [0.2, 0.25) is 0 Å². The van der Waals surface area contributed by atoms with Gasteiger partial charge < -0.3 is 54.5 Å². The molecule has 13 nitrogen and oxygen atoms in total. The number of nitrogens with one attached hydrogen (secondary N) is 3. The number of ether oxygens (including phenoxy) is 2. The Morgan fingerprint density at radius 3 is 1.31 bits per heavy atom. The van der Waals surface area contributed by atoms with Gasteiger partial charge in [-0.3, -0.25) is 0 Å². The number of carbonyl (C=O) groups is 2. The molecule has 0 atom stereocenters. The number of benzene rings is 13. The molecule has 6 N–H and O–H groups in total. The molecule has 17 aromatic rings. The molecule has 4 aromatic heterocycles. The third-order valence-electron chi connectivity index (χ3n) is 19.2. The van der Waals surface area contributed by atoms with Crippen LogP contribution in [0.2, 0.25) is 0 Å². The quantitative estimate of drug-likeness (QED) is 0.0629. The number of esters is 2. The van der Waals surface area contributed by atoms with Crippen LogP contribution in [0.3, 0.4) is 0 Å². The van der Waals surface area contributed by atoms with Crippen LogP contribution < -0.4 is 21.7 Å². The molecule has 0 saturated carbocycles. The lowest BCUT2D eigenvalue weighted by Gasteiger charge is -2.35. The molecule has 0 bridgehead atoms. The predicted octanol–water partition coefficient (Wildman–Crippen LogP) is 24.8. The number of rotatable bonds is 11. The Bertz CT molecular complexity index is 6080. The highest BCUT2D eigenvalue weighted by atomic mass is 79.9. The van der Waals surface area contributed by atoms with E-state index in [9.17, 15) is 19.1 Å². The minimum atomic E-state index is -0.898. The van der Waals surface area contributed by atoms with Crippen molar-refractivity contribution in [2.45, 2.75) is 38.7 Å². The summed E-state index contributed by atoms with van der Waals surface area (Å²) in [6.07, 6.45) is 8.42. The van der Waals surface area contributed by atoms with Gasteiger partial charge in [0.25, 0.3) is 0 Å². The molecule has 558 valence electrons. The molecule has 16 heteroatoms. The number of anilines is 7. The van der Waals surface area contributed by atoms with Crippen molar-refractivity contribution in [1.29, 1.82) is 0 Å². The average molecular weight is 1610 g/mol. The first-order valence-electron chi connectivity index (χ1n) is 36.4. The van der Waals surface area contributed by atoms with Gasteiger partial charge in [0, 0.05) is 123 Å². The fourth-order valence-electron chi connectivity index (χ4n) is 13.6. The molecule has 18 rings (SSSR count). The molecule has 112 heavy (non-hydrogen) atoms. The number of hydrogen-bond donors (Lipinski definition) is 5. The largest absolute Gasteiger partial charge is 0.465 e. The van der Waals surface area contributed by atoms with E-state index in [1.54, 1.807) is 56.3 Å². The number of halogens is 3. The Morgan fingerprint density at radius 1 is 0.411 bits per heavy atom. The van der Waals surface area contributed by atoms with Crippen LogP contribution in [0.5, 0.6) is 0 Å². The zero-order chi connectivity index (χ0) is 78.3. The second-order valence-electron chi connectivity index (χ2n) is 27.5. The Morgan fingerprint density at radius 2 is 0.821 bits per heavy atom. The van der Waals surface area contributed by atoms with Gasteiger partial charge in [-0.1, -0.05) is 185 Å². The lowest BCUT2D eigenvalue weighted by Crippen LogP contribution is -2.25. The van der Waals surface area contributed by atoms with Crippen LogP contribution in [-0.4, -0.2) is 49.5 Å². The van der Waals surface area contributed by atoms with Gasteiger partial charge in [0.15, 0.2) is 0 Å². The number of carbonyl (C=O) groups excluding carboxylic acids is 2. The van der Waals surface area contributed by atoms with Gasteiger partial charge in [-0.2, -0.15) is 0 Å². The van der Waals surface area contributed by atoms with Crippen LogP contribution in [0, 0.1) is 5.82 Å². The molecule has 0 amide bonds. The second kappa shape index (κ2) is 35.1. The number of fused-ring (bicyclic) bond motifs is 6. The molecular weight excluding hydrogens is 1520 g/mol. The zero-order valence-corrected chi connectivity index (χ0v) is 65.8. The van der Waals surface area contributed by atoms with Crippen molar-refractivity contribution < 1.29 is 28.6 Å². The number of nitrogens with zero attached hydrogens (tertiary/aromatic N) is 4. The van der Waals surface area contributed by atoms with Gasteiger partial charge in [-0.05, 0) is 219 Å². The molecule has 1 aliphatic heterocycles. The van der Waals surface area contributed by atoms with Crippen molar-refractivity contribution in [3.05, 3.63) is 401 Å². The maximum Gasteiger partial charge on any atom is 0.339 e. The van der Waals surface area contributed by atoms with Crippen LogP contribution in [0.25, 0.3) is 66.4 Å². The van der Waals surface area contributed by atoms with E-state index >= 15 is 0 Å². The Labute approximate surface area is 667 Å². The summed E-state index contributed by atoms with van der Waals surface area (Å²) in [5.74, 6) is -0.966. The normalized spacial score (nSPS) is 11.6. The smallest absolute Gasteiger partial charge is 0.339 e. The van der Waals surface area contributed by atoms with E-state index in [0.29, 0.717) is 16.8 Å². The fourth-order valence-corrected chi connectivity index (χ4v) is 14.4. The van der Waals surface area contributed by atoms with Gasteiger partial charge in [-0.25, -0.2) is 14.0 Å². The van der Waals surface area contributed by atoms with E-state index in [-0.39, 0.29) is 17.2 Å². The van der Waals surface area contributed by atoms with Crippen molar-refractivity contribution in [2.24, 2.45) is 0 Å². The Kier molecular flexibility index (Phi) is 24.2. The van der Waals surface area contributed by atoms with E-state index in [1.807, 2.05) is 91.0 Å². The van der Waals surface area contributed by atoms with E-state index in [1.165, 1.54) is 87.4 Å². The average Bonchev–Trinajstić information content (AvgIpc) is 1.15. The third kappa shape index (κ3) is 18.1. The first-order valence-corrected chi connectivity index (χ1v) is 38.0. The van der Waals surface area contributed by atoms with Crippen molar-refractivity contribution in [3.8, 4) is 22.7 Å². The second-order valence-corrected chi connectivity index (χ2v) is 29.3. The highest BCUT2D eigenvalue weighted by molar-refractivity contribution is 9.10. The molecule has 0 unspecified atom stereocenters. The first kappa shape index (κ1) is 77.2. The molecular formula is C96H83Br2FN8O5. The van der Waals surface area contributed by atoms with Crippen LogP contribution >= 0.6 is 31.9 Å². The minimum absolute atomic E-state index is 0.0306. The first-order chi connectivity index (χ1) is 54.3. The van der Waals surface area contributed by atoms with Gasteiger partial charge >= 0.3 is 11.9 Å². The van der Waals surface area contributed by atoms with Crippen LogP contribution in [0.15, 0.2) is 367 Å². The summed E-state index contributed by atoms with van der Waals surface area (Å²) in [6.45, 7) is 8.23. The molecule has 1 aliphatic rings. The lowest BCUT2D eigenvalue weighted by molar-refractivity contribution is 0.0593. The van der Waals surface area contributed by atoms with Crippen LogP contribution in [0.4, 0.5) is 44.2 Å². The summed E-state index contributed by atoms with van der Waals surface area (Å²) in [6, 6.07) is 110. The number of aromatic nitrogens is 4. The van der Waals surface area contributed by atoms with E-state index in [4.69, 9.17) is 10.5 Å². The molecule has 0 spiro atoms. The van der Waals surface area contributed by atoms with Crippen molar-refractivity contribution in [3.63, 3.8) is 0 Å². The number of aliphatic hydroxyl groups is 1. The summed E-state index contributed by atoms with van der Waals surface area (Å²) < 4.78 is 32.2. The van der Waals surface area contributed by atoms with Gasteiger partial charge in [-0.15, -0.1) is 0 Å². The highest BCUT2D eigenvalue weighted by Gasteiger charge is 2.33.